The van der Waals surface area contributed by atoms with Gasteiger partial charge in [0, 0.05) is 20.3 Å². The summed E-state index contributed by atoms with van der Waals surface area (Å²) in [7, 11) is 3.19. The molecule has 106 valence electrons. The Morgan fingerprint density at radius 1 is 1.16 bits per heavy atom. The summed E-state index contributed by atoms with van der Waals surface area (Å²) in [5, 5.41) is 5.28. The van der Waals surface area contributed by atoms with Gasteiger partial charge >= 0.3 is 6.03 Å². The molecule has 0 atom stereocenters. The maximum Gasteiger partial charge on any atom is 0.317 e. The molecule has 1 aromatic carbocycles. The topological polar surface area (TPSA) is 68.8 Å². The number of hydrogen-bond acceptors (Lipinski definition) is 4. The summed E-state index contributed by atoms with van der Waals surface area (Å²) in [6.45, 7) is 1.27. The number of methoxy groups -OCH3 is 2. The van der Waals surface area contributed by atoms with Crippen LogP contribution in [0.15, 0.2) is 24.3 Å². The van der Waals surface area contributed by atoms with Gasteiger partial charge in [-0.15, -0.1) is 0 Å². The van der Waals surface area contributed by atoms with Gasteiger partial charge < -0.3 is 24.8 Å². The Balaban J connectivity index is 2.20. The fourth-order valence-corrected chi connectivity index (χ4v) is 1.40. The highest BCUT2D eigenvalue weighted by molar-refractivity contribution is 5.73. The Bertz CT molecular complexity index is 385. The van der Waals surface area contributed by atoms with Crippen molar-refractivity contribution >= 4 is 6.03 Å². The van der Waals surface area contributed by atoms with Gasteiger partial charge in [0.1, 0.15) is 0 Å². The number of carbonyl (C=O) groups is 1. The van der Waals surface area contributed by atoms with Crippen molar-refractivity contribution < 1.29 is 19.0 Å². The normalized spacial score (nSPS) is 9.79. The molecule has 0 aliphatic carbocycles. The zero-order valence-electron chi connectivity index (χ0n) is 11.3. The number of rotatable bonds is 8. The van der Waals surface area contributed by atoms with Crippen LogP contribution < -0.4 is 20.1 Å². The third kappa shape index (κ3) is 5.96. The van der Waals surface area contributed by atoms with E-state index in [1.54, 1.807) is 26.4 Å². The predicted molar refractivity (Wildman–Crippen MR) is 71.5 cm³/mol. The summed E-state index contributed by atoms with van der Waals surface area (Å²) in [6.07, 6.45) is 0.775. The van der Waals surface area contributed by atoms with Gasteiger partial charge in [0.25, 0.3) is 0 Å². The number of para-hydroxylation sites is 2. The van der Waals surface area contributed by atoms with Crippen LogP contribution in [0, 0.1) is 0 Å². The van der Waals surface area contributed by atoms with E-state index in [4.69, 9.17) is 14.2 Å². The Hall–Kier alpha value is -1.95. The predicted octanol–water partition coefficient (Wildman–Crippen LogP) is 1.37. The molecule has 0 saturated carbocycles. The van der Waals surface area contributed by atoms with E-state index in [9.17, 15) is 4.79 Å². The Morgan fingerprint density at radius 3 is 2.58 bits per heavy atom. The lowest BCUT2D eigenvalue weighted by molar-refractivity contribution is 0.192. The zero-order valence-corrected chi connectivity index (χ0v) is 11.3. The van der Waals surface area contributed by atoms with E-state index in [1.165, 1.54) is 0 Å². The van der Waals surface area contributed by atoms with Gasteiger partial charge in [-0.1, -0.05) is 12.1 Å². The number of hydrogen-bond donors (Lipinski definition) is 2. The van der Waals surface area contributed by atoms with Crippen LogP contribution in [0.2, 0.25) is 0 Å². The molecule has 0 unspecified atom stereocenters. The van der Waals surface area contributed by atoms with Crippen molar-refractivity contribution in [1.82, 2.24) is 10.6 Å². The molecule has 0 spiro atoms. The fourth-order valence-electron chi connectivity index (χ4n) is 1.40. The van der Waals surface area contributed by atoms with E-state index < -0.39 is 0 Å². The van der Waals surface area contributed by atoms with Crippen molar-refractivity contribution in [2.45, 2.75) is 6.42 Å². The van der Waals surface area contributed by atoms with E-state index in [0.717, 1.165) is 6.42 Å². The average Bonchev–Trinajstić information content (AvgIpc) is 2.44. The summed E-state index contributed by atoms with van der Waals surface area (Å²) in [5.41, 5.74) is 0. The summed E-state index contributed by atoms with van der Waals surface area (Å²) < 4.78 is 15.4. The van der Waals surface area contributed by atoms with Crippen molar-refractivity contribution in [3.8, 4) is 11.5 Å². The highest BCUT2D eigenvalue weighted by Crippen LogP contribution is 2.25. The van der Waals surface area contributed by atoms with Crippen LogP contribution in [-0.2, 0) is 4.74 Å². The standard InChI is InChI=1S/C13H20N2O4/c1-17-9-5-8-14-13(16)15-10-19-12-7-4-3-6-11(12)18-2/h3-4,6-7H,5,8-10H2,1-2H3,(H2,14,15,16). The van der Waals surface area contributed by atoms with Crippen molar-refractivity contribution in [2.75, 3.05) is 34.1 Å². The number of benzene rings is 1. The number of urea groups is 1. The maximum absolute atomic E-state index is 11.4. The lowest BCUT2D eigenvalue weighted by Crippen LogP contribution is -2.38. The smallest absolute Gasteiger partial charge is 0.317 e. The Labute approximate surface area is 113 Å². The average molecular weight is 268 g/mol. The molecule has 0 radical (unpaired) electrons. The Morgan fingerprint density at radius 2 is 1.89 bits per heavy atom. The second-order valence-corrected chi connectivity index (χ2v) is 3.72. The van der Waals surface area contributed by atoms with Crippen LogP contribution in [-0.4, -0.2) is 40.1 Å². The van der Waals surface area contributed by atoms with Crippen molar-refractivity contribution in [3.05, 3.63) is 24.3 Å². The summed E-state index contributed by atoms with van der Waals surface area (Å²) >= 11 is 0. The summed E-state index contributed by atoms with van der Waals surface area (Å²) in [6, 6.07) is 6.98. The van der Waals surface area contributed by atoms with Gasteiger partial charge in [-0.05, 0) is 18.6 Å². The van der Waals surface area contributed by atoms with E-state index in [-0.39, 0.29) is 12.8 Å². The van der Waals surface area contributed by atoms with E-state index in [2.05, 4.69) is 10.6 Å². The van der Waals surface area contributed by atoms with E-state index >= 15 is 0 Å². The van der Waals surface area contributed by atoms with Crippen LogP contribution in [0.3, 0.4) is 0 Å². The first-order valence-corrected chi connectivity index (χ1v) is 6.04. The lowest BCUT2D eigenvalue weighted by atomic mass is 10.3. The maximum atomic E-state index is 11.4. The highest BCUT2D eigenvalue weighted by atomic mass is 16.5. The molecule has 1 rings (SSSR count). The van der Waals surface area contributed by atoms with Gasteiger partial charge in [-0.2, -0.15) is 0 Å². The summed E-state index contributed by atoms with van der Waals surface area (Å²) in [4.78, 5) is 11.4. The molecule has 6 heteroatoms. The first-order chi connectivity index (χ1) is 9.27. The van der Waals surface area contributed by atoms with Crippen LogP contribution in [0.5, 0.6) is 11.5 Å². The first kappa shape index (κ1) is 15.1. The molecule has 0 aromatic heterocycles. The molecule has 19 heavy (non-hydrogen) atoms. The van der Waals surface area contributed by atoms with Crippen molar-refractivity contribution in [1.29, 1.82) is 0 Å². The molecule has 0 heterocycles. The summed E-state index contributed by atoms with van der Waals surface area (Å²) in [5.74, 6) is 1.22. The Kier molecular flexibility index (Phi) is 7.19. The first-order valence-electron chi connectivity index (χ1n) is 6.04. The zero-order chi connectivity index (χ0) is 13.9. The molecular formula is C13H20N2O4. The van der Waals surface area contributed by atoms with E-state index in [0.29, 0.717) is 24.7 Å². The minimum atomic E-state index is -0.272. The molecular weight excluding hydrogens is 248 g/mol. The van der Waals surface area contributed by atoms with Gasteiger partial charge in [-0.3, -0.25) is 0 Å². The third-order valence-electron chi connectivity index (χ3n) is 2.34. The SMILES string of the molecule is COCCCNC(=O)NCOc1ccccc1OC. The molecule has 0 saturated heterocycles. The van der Waals surface area contributed by atoms with Gasteiger partial charge in [0.2, 0.25) is 0 Å². The molecule has 2 amide bonds. The number of nitrogens with one attached hydrogen (secondary N) is 2. The second-order valence-electron chi connectivity index (χ2n) is 3.72. The molecule has 1 aromatic rings. The van der Waals surface area contributed by atoms with Crippen LogP contribution in [0.4, 0.5) is 4.79 Å². The second kappa shape index (κ2) is 9.04. The van der Waals surface area contributed by atoms with Crippen LogP contribution >= 0.6 is 0 Å². The molecule has 2 N–H and O–H groups in total. The van der Waals surface area contributed by atoms with Crippen molar-refractivity contribution in [2.24, 2.45) is 0 Å². The molecule has 0 aliphatic rings. The number of ether oxygens (including phenoxy) is 3. The lowest BCUT2D eigenvalue weighted by Gasteiger charge is -2.11. The molecule has 0 aliphatic heterocycles. The third-order valence-corrected chi connectivity index (χ3v) is 2.34. The minimum absolute atomic E-state index is 0.0798. The number of carbonyl (C=O) groups excluding carboxylic acids is 1. The molecule has 0 fully saturated rings. The van der Waals surface area contributed by atoms with Crippen LogP contribution in [0.1, 0.15) is 6.42 Å². The quantitative estimate of drug-likeness (QED) is 0.552. The van der Waals surface area contributed by atoms with Crippen molar-refractivity contribution in [3.63, 3.8) is 0 Å². The van der Waals surface area contributed by atoms with Gasteiger partial charge in [0.05, 0.1) is 7.11 Å². The largest absolute Gasteiger partial charge is 0.493 e. The van der Waals surface area contributed by atoms with Gasteiger partial charge in [-0.25, -0.2) is 4.79 Å². The molecule has 0 bridgehead atoms. The minimum Gasteiger partial charge on any atom is -0.493 e. The van der Waals surface area contributed by atoms with Gasteiger partial charge in [0.15, 0.2) is 18.2 Å². The van der Waals surface area contributed by atoms with E-state index in [1.807, 2.05) is 12.1 Å². The molecule has 6 nitrogen and oxygen atoms in total. The fraction of sp³-hybridized carbons (Fsp3) is 0.462. The number of amides is 2. The van der Waals surface area contributed by atoms with Crippen LogP contribution in [0.25, 0.3) is 0 Å². The highest BCUT2D eigenvalue weighted by Gasteiger charge is 2.03. The monoisotopic (exact) mass is 268 g/mol.